The summed E-state index contributed by atoms with van der Waals surface area (Å²) >= 11 is 0. The predicted octanol–water partition coefficient (Wildman–Crippen LogP) is 0.574. The molecule has 2 saturated heterocycles. The smallest absolute Gasteiger partial charge is 0.0113 e. The second-order valence-electron chi connectivity index (χ2n) is 6.21. The van der Waals surface area contributed by atoms with Crippen LogP contribution in [0.4, 0.5) is 0 Å². The first-order valence-electron chi connectivity index (χ1n) is 6.83. The van der Waals surface area contributed by atoms with Gasteiger partial charge in [0.1, 0.15) is 0 Å². The van der Waals surface area contributed by atoms with Crippen molar-refractivity contribution in [2.24, 2.45) is 11.8 Å². The van der Waals surface area contributed by atoms with E-state index in [1.165, 1.54) is 52.1 Å². The van der Waals surface area contributed by atoms with Crippen LogP contribution in [0.2, 0.25) is 0 Å². The molecule has 0 amide bonds. The maximum absolute atomic E-state index is 2.76. The molecule has 2 aliphatic heterocycles. The monoisotopic (exact) mass is 223 g/mol. The highest BCUT2D eigenvalue weighted by Crippen LogP contribution is 2.39. The van der Waals surface area contributed by atoms with Crippen LogP contribution in [0.25, 0.3) is 0 Å². The van der Waals surface area contributed by atoms with Crippen LogP contribution in [0.3, 0.4) is 0 Å². The third-order valence-electron chi connectivity index (χ3n) is 4.96. The fraction of sp³-hybridized carbons (Fsp3) is 1.00. The van der Waals surface area contributed by atoms with Crippen molar-refractivity contribution >= 4 is 0 Å². The van der Waals surface area contributed by atoms with Crippen molar-refractivity contribution in [1.29, 1.82) is 0 Å². The van der Waals surface area contributed by atoms with Gasteiger partial charge in [0.15, 0.2) is 0 Å². The van der Waals surface area contributed by atoms with Gasteiger partial charge in [0.05, 0.1) is 0 Å². The van der Waals surface area contributed by atoms with Crippen LogP contribution in [0.15, 0.2) is 0 Å². The van der Waals surface area contributed by atoms with Gasteiger partial charge in [-0.25, -0.2) is 0 Å². The summed E-state index contributed by atoms with van der Waals surface area (Å²) in [6, 6.07) is 0.914. The van der Waals surface area contributed by atoms with Crippen molar-refractivity contribution in [3.05, 3.63) is 0 Å². The van der Waals surface area contributed by atoms with Crippen LogP contribution < -0.4 is 0 Å². The lowest BCUT2D eigenvalue weighted by Crippen LogP contribution is -2.48. The average molecular weight is 223 g/mol. The lowest BCUT2D eigenvalue weighted by Gasteiger charge is -2.37. The molecule has 0 spiro atoms. The molecule has 1 aliphatic carbocycles. The number of rotatable bonds is 1. The van der Waals surface area contributed by atoms with E-state index < -0.39 is 0 Å². The van der Waals surface area contributed by atoms with E-state index in [2.05, 4.69) is 28.8 Å². The van der Waals surface area contributed by atoms with Gasteiger partial charge in [-0.15, -0.1) is 0 Å². The molecule has 0 aromatic rings. The summed E-state index contributed by atoms with van der Waals surface area (Å²) < 4.78 is 0. The molecular formula is C13H25N3. The number of nitrogens with zero attached hydrogens (tertiary/aromatic N) is 3. The van der Waals surface area contributed by atoms with Gasteiger partial charge < -0.3 is 9.80 Å². The highest BCUT2D eigenvalue weighted by molar-refractivity contribution is 4.95. The van der Waals surface area contributed by atoms with Crippen LogP contribution >= 0.6 is 0 Å². The van der Waals surface area contributed by atoms with Crippen molar-refractivity contribution in [1.82, 2.24) is 14.7 Å². The van der Waals surface area contributed by atoms with Crippen molar-refractivity contribution in [3.63, 3.8) is 0 Å². The number of piperazine rings is 1. The van der Waals surface area contributed by atoms with Crippen molar-refractivity contribution in [3.8, 4) is 0 Å². The summed E-state index contributed by atoms with van der Waals surface area (Å²) in [4.78, 5) is 7.74. The van der Waals surface area contributed by atoms with Crippen molar-refractivity contribution in [2.75, 3.05) is 53.4 Å². The number of likely N-dealkylation sites (tertiary alicyclic amines) is 1. The number of hydrogen-bond donors (Lipinski definition) is 0. The molecular weight excluding hydrogens is 198 g/mol. The Morgan fingerprint density at radius 2 is 1.31 bits per heavy atom. The molecule has 3 rings (SSSR count). The number of likely N-dealkylation sites (N-methyl/N-ethyl adjacent to an activating group) is 1. The molecule has 2 heterocycles. The third kappa shape index (κ3) is 2.01. The Morgan fingerprint density at radius 3 is 1.88 bits per heavy atom. The molecule has 0 N–H and O–H groups in total. The van der Waals surface area contributed by atoms with Crippen LogP contribution in [-0.4, -0.2) is 74.1 Å². The summed E-state index contributed by atoms with van der Waals surface area (Å²) in [5.41, 5.74) is 0. The van der Waals surface area contributed by atoms with Gasteiger partial charge in [0.25, 0.3) is 0 Å². The SMILES string of the molecule is CN1CCN(C2CC3CN(C)CC3C2)CC1. The molecule has 2 atom stereocenters. The van der Waals surface area contributed by atoms with E-state index >= 15 is 0 Å². The summed E-state index contributed by atoms with van der Waals surface area (Å²) in [5.74, 6) is 2.02. The fourth-order valence-corrected chi connectivity index (χ4v) is 3.99. The molecule has 0 bridgehead atoms. The van der Waals surface area contributed by atoms with Gasteiger partial charge in [0.2, 0.25) is 0 Å². The summed E-state index contributed by atoms with van der Waals surface area (Å²) in [5, 5.41) is 0. The van der Waals surface area contributed by atoms with E-state index in [0.717, 1.165) is 17.9 Å². The first-order valence-corrected chi connectivity index (χ1v) is 6.83. The van der Waals surface area contributed by atoms with E-state index in [1.54, 1.807) is 0 Å². The molecule has 3 heteroatoms. The largest absolute Gasteiger partial charge is 0.306 e. The van der Waals surface area contributed by atoms with Crippen LogP contribution in [0.5, 0.6) is 0 Å². The highest BCUT2D eigenvalue weighted by Gasteiger charge is 2.41. The first-order chi connectivity index (χ1) is 7.72. The average Bonchev–Trinajstić information content (AvgIpc) is 2.75. The van der Waals surface area contributed by atoms with Crippen LogP contribution in [0, 0.1) is 11.8 Å². The maximum Gasteiger partial charge on any atom is 0.0113 e. The number of fused-ring (bicyclic) bond motifs is 1. The minimum atomic E-state index is 0.914. The molecule has 16 heavy (non-hydrogen) atoms. The second kappa shape index (κ2) is 4.28. The van der Waals surface area contributed by atoms with E-state index in [0.29, 0.717) is 0 Å². The quantitative estimate of drug-likeness (QED) is 0.644. The molecule has 3 nitrogen and oxygen atoms in total. The topological polar surface area (TPSA) is 9.72 Å². The van der Waals surface area contributed by atoms with Crippen LogP contribution in [-0.2, 0) is 0 Å². The van der Waals surface area contributed by atoms with E-state index in [-0.39, 0.29) is 0 Å². The lowest BCUT2D eigenvalue weighted by atomic mass is 10.0. The fourth-order valence-electron chi connectivity index (χ4n) is 3.99. The van der Waals surface area contributed by atoms with Gasteiger partial charge in [0, 0.05) is 45.3 Å². The molecule has 92 valence electrons. The Hall–Kier alpha value is -0.120. The summed E-state index contributed by atoms with van der Waals surface area (Å²) in [6.07, 6.45) is 2.94. The number of hydrogen-bond acceptors (Lipinski definition) is 3. The molecule has 2 unspecified atom stereocenters. The molecule has 0 aromatic carbocycles. The molecule has 3 aliphatic rings. The maximum atomic E-state index is 2.76. The van der Waals surface area contributed by atoms with Gasteiger partial charge in [-0.1, -0.05) is 0 Å². The Balaban J connectivity index is 1.55. The van der Waals surface area contributed by atoms with Gasteiger partial charge in [-0.05, 0) is 38.8 Å². The minimum Gasteiger partial charge on any atom is -0.306 e. The van der Waals surface area contributed by atoms with Gasteiger partial charge in [-0.3, -0.25) is 4.90 Å². The zero-order valence-electron chi connectivity index (χ0n) is 10.7. The van der Waals surface area contributed by atoms with E-state index in [4.69, 9.17) is 0 Å². The van der Waals surface area contributed by atoms with Crippen molar-refractivity contribution < 1.29 is 0 Å². The first kappa shape index (κ1) is 11.0. The Morgan fingerprint density at radius 1 is 0.750 bits per heavy atom. The molecule has 0 aromatic heterocycles. The Kier molecular flexibility index (Phi) is 2.94. The zero-order valence-corrected chi connectivity index (χ0v) is 10.7. The van der Waals surface area contributed by atoms with Gasteiger partial charge >= 0.3 is 0 Å². The standard InChI is InChI=1S/C13H25N3/c1-14-3-5-16(6-4-14)13-7-11-9-15(2)10-12(11)8-13/h11-13H,3-10H2,1-2H3. The normalized spacial score (nSPS) is 42.8. The van der Waals surface area contributed by atoms with Crippen LogP contribution in [0.1, 0.15) is 12.8 Å². The highest BCUT2D eigenvalue weighted by atomic mass is 15.3. The Labute approximate surface area is 99.4 Å². The van der Waals surface area contributed by atoms with Gasteiger partial charge in [-0.2, -0.15) is 0 Å². The summed E-state index contributed by atoms with van der Waals surface area (Å²) in [7, 11) is 4.53. The summed E-state index contributed by atoms with van der Waals surface area (Å²) in [6.45, 7) is 7.86. The van der Waals surface area contributed by atoms with E-state index in [1.807, 2.05) is 0 Å². The van der Waals surface area contributed by atoms with E-state index in [9.17, 15) is 0 Å². The molecule has 3 fully saturated rings. The zero-order chi connectivity index (χ0) is 11.1. The Bertz CT molecular complexity index is 234. The molecule has 1 saturated carbocycles. The van der Waals surface area contributed by atoms with Crippen molar-refractivity contribution in [2.45, 2.75) is 18.9 Å². The second-order valence-corrected chi connectivity index (χ2v) is 6.21. The third-order valence-corrected chi connectivity index (χ3v) is 4.96. The molecule has 0 radical (unpaired) electrons. The lowest BCUT2D eigenvalue weighted by molar-refractivity contribution is 0.107. The minimum absolute atomic E-state index is 0.914. The predicted molar refractivity (Wildman–Crippen MR) is 66.6 cm³/mol.